The van der Waals surface area contributed by atoms with E-state index in [1.165, 1.54) is 11.3 Å². The summed E-state index contributed by atoms with van der Waals surface area (Å²) in [5.74, 6) is 0. The minimum Gasteiger partial charge on any atom is -0.382 e. The SMILES string of the molecule is CCC(C)Nc1ccc(N=Nc2ccc(N=Nc3ccc(N=Nc4nc(C#N)cs4)cc3)c3ccccc23)c2ccccc12. The lowest BCUT2D eigenvalue weighted by Crippen LogP contribution is -2.13. The van der Waals surface area contributed by atoms with Crippen LogP contribution in [0.25, 0.3) is 21.5 Å². The van der Waals surface area contributed by atoms with Crippen molar-refractivity contribution in [2.45, 2.75) is 26.3 Å². The normalized spacial score (nSPS) is 12.5. The standard InChI is InChI=1S/C34H27N9S/c1-3-22(2)36-30-16-17-32(27-9-5-4-8-26(27)30)41-42-33-19-18-31(28-10-6-7-11-29(28)33)40-38-23-12-14-24(15-13-23)39-43-34-37-25(20-35)21-44-34/h4-19,21-22,36H,3H2,1-2H3. The third-order valence-electron chi connectivity index (χ3n) is 7.04. The fourth-order valence-corrected chi connectivity index (χ4v) is 5.13. The Bertz CT molecular complexity index is 2070. The highest BCUT2D eigenvalue weighted by atomic mass is 32.1. The van der Waals surface area contributed by atoms with Crippen LogP contribution in [0.1, 0.15) is 26.0 Å². The van der Waals surface area contributed by atoms with Crippen LogP contribution in [-0.4, -0.2) is 11.0 Å². The molecule has 6 rings (SSSR count). The Morgan fingerprint density at radius 1 is 0.682 bits per heavy atom. The molecular weight excluding hydrogens is 567 g/mol. The van der Waals surface area contributed by atoms with Gasteiger partial charge in [-0.2, -0.15) is 10.4 Å². The van der Waals surface area contributed by atoms with Gasteiger partial charge in [0.1, 0.15) is 6.07 Å². The van der Waals surface area contributed by atoms with Crippen molar-refractivity contribution in [3.05, 3.63) is 108 Å². The molecular formula is C34H27N9S. The van der Waals surface area contributed by atoms with Crippen molar-refractivity contribution in [3.8, 4) is 6.07 Å². The Kier molecular flexibility index (Phi) is 8.48. The van der Waals surface area contributed by atoms with Gasteiger partial charge < -0.3 is 5.32 Å². The summed E-state index contributed by atoms with van der Waals surface area (Å²) in [6, 6.07) is 33.7. The number of nitriles is 1. The van der Waals surface area contributed by atoms with E-state index in [9.17, 15) is 0 Å². The second-order valence-corrected chi connectivity index (χ2v) is 10.9. The fraction of sp³-hybridized carbons (Fsp3) is 0.118. The van der Waals surface area contributed by atoms with Gasteiger partial charge in [0.05, 0.1) is 28.4 Å². The zero-order chi connectivity index (χ0) is 30.3. The highest BCUT2D eigenvalue weighted by Crippen LogP contribution is 2.37. The molecule has 6 aromatic rings. The second-order valence-electron chi connectivity index (χ2n) is 10.0. The van der Waals surface area contributed by atoms with Crippen LogP contribution in [0.2, 0.25) is 0 Å². The topological polar surface area (TPSA) is 123 Å². The second kappa shape index (κ2) is 13.1. The molecule has 1 heterocycles. The Hall–Kier alpha value is -5.66. The average Bonchev–Trinajstić information content (AvgIpc) is 3.55. The zero-order valence-electron chi connectivity index (χ0n) is 24.1. The van der Waals surface area contributed by atoms with Crippen molar-refractivity contribution >= 4 is 72.1 Å². The fourth-order valence-electron chi connectivity index (χ4n) is 4.57. The van der Waals surface area contributed by atoms with Crippen LogP contribution in [0, 0.1) is 11.3 Å². The number of anilines is 1. The number of hydrogen-bond donors (Lipinski definition) is 1. The molecule has 1 unspecified atom stereocenters. The number of fused-ring (bicyclic) bond motifs is 2. The minimum absolute atomic E-state index is 0.330. The lowest BCUT2D eigenvalue weighted by molar-refractivity contribution is 0.765. The van der Waals surface area contributed by atoms with Gasteiger partial charge in [0.25, 0.3) is 0 Å². The first-order valence-electron chi connectivity index (χ1n) is 14.1. The molecule has 0 saturated heterocycles. The molecule has 1 aromatic heterocycles. The lowest BCUT2D eigenvalue weighted by Gasteiger charge is -2.15. The van der Waals surface area contributed by atoms with Crippen LogP contribution in [0.3, 0.4) is 0 Å². The third-order valence-corrected chi connectivity index (χ3v) is 7.76. The van der Waals surface area contributed by atoms with Gasteiger partial charge in [-0.05, 0) is 61.9 Å². The Balaban J connectivity index is 1.23. The molecule has 0 aliphatic rings. The van der Waals surface area contributed by atoms with Crippen molar-refractivity contribution in [1.82, 2.24) is 4.98 Å². The molecule has 44 heavy (non-hydrogen) atoms. The predicted octanol–water partition coefficient (Wildman–Crippen LogP) is 11.8. The van der Waals surface area contributed by atoms with E-state index < -0.39 is 0 Å². The van der Waals surface area contributed by atoms with Crippen molar-refractivity contribution in [3.63, 3.8) is 0 Å². The van der Waals surface area contributed by atoms with E-state index in [1.807, 2.05) is 72.8 Å². The number of rotatable bonds is 9. The molecule has 0 aliphatic carbocycles. The van der Waals surface area contributed by atoms with Gasteiger partial charge in [-0.25, -0.2) is 4.98 Å². The highest BCUT2D eigenvalue weighted by Gasteiger charge is 2.09. The third kappa shape index (κ3) is 6.38. The number of hydrogen-bond acceptors (Lipinski definition) is 10. The molecule has 0 fully saturated rings. The molecule has 0 aliphatic heterocycles. The number of thiazole rings is 1. The molecule has 0 radical (unpaired) electrons. The van der Waals surface area contributed by atoms with Crippen LogP contribution in [0.4, 0.5) is 39.3 Å². The van der Waals surface area contributed by atoms with E-state index in [-0.39, 0.29) is 0 Å². The summed E-state index contributed by atoms with van der Waals surface area (Å²) in [5.41, 5.74) is 5.04. The van der Waals surface area contributed by atoms with Gasteiger partial charge in [-0.1, -0.05) is 55.5 Å². The van der Waals surface area contributed by atoms with Gasteiger partial charge in [0.2, 0.25) is 5.13 Å². The first kappa shape index (κ1) is 28.5. The van der Waals surface area contributed by atoms with E-state index in [4.69, 9.17) is 5.26 Å². The number of benzene rings is 5. The monoisotopic (exact) mass is 593 g/mol. The average molecular weight is 594 g/mol. The van der Waals surface area contributed by atoms with E-state index in [0.717, 1.165) is 50.7 Å². The van der Waals surface area contributed by atoms with Crippen molar-refractivity contribution in [2.75, 3.05) is 5.32 Å². The molecule has 0 bridgehead atoms. The van der Waals surface area contributed by atoms with Crippen LogP contribution in [-0.2, 0) is 0 Å². The Morgan fingerprint density at radius 2 is 1.18 bits per heavy atom. The molecule has 0 amide bonds. The summed E-state index contributed by atoms with van der Waals surface area (Å²) in [5, 5.41) is 45.2. The minimum atomic E-state index is 0.330. The summed E-state index contributed by atoms with van der Waals surface area (Å²) in [6.07, 6.45) is 1.04. The van der Waals surface area contributed by atoms with Crippen LogP contribution >= 0.6 is 11.3 Å². The highest BCUT2D eigenvalue weighted by molar-refractivity contribution is 7.13. The van der Waals surface area contributed by atoms with Gasteiger partial charge in [0.15, 0.2) is 5.69 Å². The molecule has 0 spiro atoms. The van der Waals surface area contributed by atoms with E-state index in [2.05, 4.69) is 73.0 Å². The molecule has 0 saturated carbocycles. The summed E-state index contributed by atoms with van der Waals surface area (Å²) < 4.78 is 0. The Labute approximate surface area is 258 Å². The first-order valence-corrected chi connectivity index (χ1v) is 15.0. The molecule has 5 aromatic carbocycles. The molecule has 9 nitrogen and oxygen atoms in total. The number of azo groups is 3. The smallest absolute Gasteiger partial charge is 0.231 e. The number of nitrogens with one attached hydrogen (secondary N) is 1. The van der Waals surface area contributed by atoms with Gasteiger partial charge in [-0.3, -0.25) is 0 Å². The maximum atomic E-state index is 8.90. The van der Waals surface area contributed by atoms with Crippen molar-refractivity contribution in [1.29, 1.82) is 5.26 Å². The van der Waals surface area contributed by atoms with Crippen LogP contribution in [0.15, 0.2) is 133 Å². The summed E-state index contributed by atoms with van der Waals surface area (Å²) in [4.78, 5) is 4.06. The van der Waals surface area contributed by atoms with E-state index >= 15 is 0 Å². The summed E-state index contributed by atoms with van der Waals surface area (Å²) in [6.45, 7) is 4.35. The van der Waals surface area contributed by atoms with E-state index in [1.54, 1.807) is 17.5 Å². The summed E-state index contributed by atoms with van der Waals surface area (Å²) >= 11 is 1.27. The molecule has 10 heteroatoms. The van der Waals surface area contributed by atoms with Gasteiger partial charge in [0, 0.05) is 38.7 Å². The van der Waals surface area contributed by atoms with Gasteiger partial charge >= 0.3 is 0 Å². The van der Waals surface area contributed by atoms with Crippen molar-refractivity contribution in [2.24, 2.45) is 30.7 Å². The zero-order valence-corrected chi connectivity index (χ0v) is 24.9. The maximum absolute atomic E-state index is 8.90. The van der Waals surface area contributed by atoms with Crippen molar-refractivity contribution < 1.29 is 0 Å². The lowest BCUT2D eigenvalue weighted by atomic mass is 10.1. The quantitative estimate of drug-likeness (QED) is 0.168. The molecule has 1 N–H and O–H groups in total. The largest absolute Gasteiger partial charge is 0.382 e. The van der Waals surface area contributed by atoms with Crippen LogP contribution < -0.4 is 5.32 Å². The predicted molar refractivity (Wildman–Crippen MR) is 177 cm³/mol. The van der Waals surface area contributed by atoms with Crippen LogP contribution in [0.5, 0.6) is 0 Å². The van der Waals surface area contributed by atoms with E-state index in [0.29, 0.717) is 28.2 Å². The molecule has 214 valence electrons. The molecule has 1 atom stereocenters. The maximum Gasteiger partial charge on any atom is 0.231 e. The number of aromatic nitrogens is 1. The first-order chi connectivity index (χ1) is 21.6. The van der Waals surface area contributed by atoms with Gasteiger partial charge in [-0.15, -0.1) is 36.9 Å². The Morgan fingerprint density at radius 3 is 1.73 bits per heavy atom. The number of nitrogens with zero attached hydrogens (tertiary/aromatic N) is 8. The summed E-state index contributed by atoms with van der Waals surface area (Å²) in [7, 11) is 0.